The van der Waals surface area contributed by atoms with Crippen LogP contribution < -0.4 is 5.32 Å². The summed E-state index contributed by atoms with van der Waals surface area (Å²) in [5, 5.41) is 2.83. The Morgan fingerprint density at radius 2 is 1.93 bits per heavy atom. The van der Waals surface area contributed by atoms with Crippen LogP contribution in [0.1, 0.15) is 34.8 Å². The first kappa shape index (κ1) is 19.6. The molecule has 1 atom stereocenters. The number of anilines is 1. The molecule has 146 valence electrons. The zero-order chi connectivity index (χ0) is 20.1. The molecule has 2 amide bonds. The Bertz CT molecular complexity index is 876. The number of likely N-dealkylation sites (tertiary alicyclic amines) is 1. The number of aryl methyl sites for hydroxylation is 1. The molecular formula is C22H24N2O4. The average molecular weight is 380 g/mol. The van der Waals surface area contributed by atoms with Gasteiger partial charge in [-0.2, -0.15) is 0 Å². The summed E-state index contributed by atoms with van der Waals surface area (Å²) in [6.45, 7) is 4.99. The molecule has 1 unspecified atom stereocenters. The first-order valence-electron chi connectivity index (χ1n) is 9.37. The Labute approximate surface area is 164 Å². The van der Waals surface area contributed by atoms with E-state index < -0.39 is 5.97 Å². The van der Waals surface area contributed by atoms with Crippen LogP contribution in [0.5, 0.6) is 0 Å². The van der Waals surface area contributed by atoms with Crippen molar-refractivity contribution in [2.75, 3.05) is 18.5 Å². The van der Waals surface area contributed by atoms with Crippen molar-refractivity contribution in [3.8, 4) is 0 Å². The van der Waals surface area contributed by atoms with Crippen LogP contribution in [0.15, 0.2) is 48.5 Å². The highest BCUT2D eigenvalue weighted by molar-refractivity contribution is 5.97. The Morgan fingerprint density at radius 1 is 1.18 bits per heavy atom. The number of hydrogen-bond donors (Lipinski definition) is 1. The highest BCUT2D eigenvalue weighted by Gasteiger charge is 2.34. The summed E-state index contributed by atoms with van der Waals surface area (Å²) in [6.07, 6.45) is 0.207. The highest BCUT2D eigenvalue weighted by atomic mass is 16.5. The molecule has 0 bridgehead atoms. The van der Waals surface area contributed by atoms with E-state index in [4.69, 9.17) is 4.74 Å². The Morgan fingerprint density at radius 3 is 2.61 bits per heavy atom. The van der Waals surface area contributed by atoms with E-state index in [-0.39, 0.29) is 24.2 Å². The smallest absolute Gasteiger partial charge is 0.338 e. The van der Waals surface area contributed by atoms with Gasteiger partial charge in [-0.1, -0.05) is 29.8 Å². The molecule has 6 heteroatoms. The maximum atomic E-state index is 12.6. The van der Waals surface area contributed by atoms with Gasteiger partial charge in [0.2, 0.25) is 11.8 Å². The van der Waals surface area contributed by atoms with Crippen LogP contribution in [-0.4, -0.2) is 35.8 Å². The third kappa shape index (κ3) is 4.76. The predicted molar refractivity (Wildman–Crippen MR) is 106 cm³/mol. The van der Waals surface area contributed by atoms with Gasteiger partial charge in [-0.25, -0.2) is 4.79 Å². The first-order chi connectivity index (χ1) is 13.5. The Balaban J connectivity index is 1.58. The number of carbonyl (C=O) groups is 3. The van der Waals surface area contributed by atoms with Crippen molar-refractivity contribution in [2.24, 2.45) is 5.92 Å². The van der Waals surface area contributed by atoms with Gasteiger partial charge in [0.25, 0.3) is 0 Å². The van der Waals surface area contributed by atoms with Crippen LogP contribution in [0.2, 0.25) is 0 Å². The van der Waals surface area contributed by atoms with E-state index in [2.05, 4.69) is 5.32 Å². The van der Waals surface area contributed by atoms with E-state index in [0.717, 1.165) is 11.1 Å². The third-order valence-corrected chi connectivity index (χ3v) is 4.70. The van der Waals surface area contributed by atoms with Crippen LogP contribution >= 0.6 is 0 Å². The first-order valence-corrected chi connectivity index (χ1v) is 9.37. The number of ether oxygens (including phenoxy) is 1. The third-order valence-electron chi connectivity index (χ3n) is 4.70. The molecule has 1 fully saturated rings. The molecular weight excluding hydrogens is 356 g/mol. The van der Waals surface area contributed by atoms with Crippen LogP contribution in [0.3, 0.4) is 0 Å². The van der Waals surface area contributed by atoms with Crippen molar-refractivity contribution in [1.82, 2.24) is 4.90 Å². The van der Waals surface area contributed by atoms with Crippen molar-refractivity contribution in [1.29, 1.82) is 0 Å². The molecule has 0 radical (unpaired) electrons. The van der Waals surface area contributed by atoms with Gasteiger partial charge in [-0.3, -0.25) is 9.59 Å². The second-order valence-corrected chi connectivity index (χ2v) is 6.95. The van der Waals surface area contributed by atoms with E-state index in [1.54, 1.807) is 36.1 Å². The number of rotatable bonds is 6. The molecule has 0 saturated carbocycles. The molecule has 2 aromatic carbocycles. The van der Waals surface area contributed by atoms with Gasteiger partial charge in [0, 0.05) is 25.2 Å². The van der Waals surface area contributed by atoms with E-state index in [1.807, 2.05) is 31.2 Å². The molecule has 0 aliphatic carbocycles. The van der Waals surface area contributed by atoms with Gasteiger partial charge in [-0.05, 0) is 43.7 Å². The molecule has 1 aliphatic heterocycles. The fourth-order valence-electron chi connectivity index (χ4n) is 3.28. The summed E-state index contributed by atoms with van der Waals surface area (Å²) >= 11 is 0. The monoisotopic (exact) mass is 380 g/mol. The molecule has 0 aromatic heterocycles. The number of nitrogens with one attached hydrogen (secondary N) is 1. The second kappa shape index (κ2) is 8.69. The molecule has 1 saturated heterocycles. The standard InChI is InChI=1S/C22H24N2O4/c1-3-28-22(27)17-7-9-19(10-8-17)23-21(26)18-12-20(25)24(14-18)13-16-6-4-5-15(2)11-16/h4-11,18H,3,12-14H2,1-2H3,(H,23,26). The summed E-state index contributed by atoms with van der Waals surface area (Å²) in [5.74, 6) is -0.987. The lowest BCUT2D eigenvalue weighted by molar-refractivity contribution is -0.128. The number of amides is 2. The summed E-state index contributed by atoms with van der Waals surface area (Å²) in [5.41, 5.74) is 3.22. The summed E-state index contributed by atoms with van der Waals surface area (Å²) in [6, 6.07) is 14.5. The lowest BCUT2D eigenvalue weighted by Crippen LogP contribution is -2.28. The largest absolute Gasteiger partial charge is 0.462 e. The molecule has 1 aliphatic rings. The lowest BCUT2D eigenvalue weighted by Gasteiger charge is -2.17. The molecule has 0 spiro atoms. The van der Waals surface area contributed by atoms with Crippen LogP contribution in [0, 0.1) is 12.8 Å². The van der Waals surface area contributed by atoms with Crippen molar-refractivity contribution in [2.45, 2.75) is 26.8 Å². The van der Waals surface area contributed by atoms with Gasteiger partial charge < -0.3 is 15.0 Å². The van der Waals surface area contributed by atoms with Crippen LogP contribution in [0.4, 0.5) is 5.69 Å². The van der Waals surface area contributed by atoms with Crippen molar-refractivity contribution in [3.05, 3.63) is 65.2 Å². The normalized spacial score (nSPS) is 16.1. The van der Waals surface area contributed by atoms with Crippen LogP contribution in [0.25, 0.3) is 0 Å². The lowest BCUT2D eigenvalue weighted by atomic mass is 10.1. The van der Waals surface area contributed by atoms with E-state index >= 15 is 0 Å². The van der Waals surface area contributed by atoms with E-state index in [9.17, 15) is 14.4 Å². The number of esters is 1. The summed E-state index contributed by atoms with van der Waals surface area (Å²) in [4.78, 5) is 38.3. The zero-order valence-electron chi connectivity index (χ0n) is 16.1. The predicted octanol–water partition coefficient (Wildman–Crippen LogP) is 3.16. The highest BCUT2D eigenvalue weighted by Crippen LogP contribution is 2.22. The molecule has 2 aromatic rings. The van der Waals surface area contributed by atoms with Gasteiger partial charge in [-0.15, -0.1) is 0 Å². The fourth-order valence-corrected chi connectivity index (χ4v) is 3.28. The maximum absolute atomic E-state index is 12.6. The molecule has 28 heavy (non-hydrogen) atoms. The Kier molecular flexibility index (Phi) is 6.09. The molecule has 6 nitrogen and oxygen atoms in total. The number of benzene rings is 2. The number of carbonyl (C=O) groups excluding carboxylic acids is 3. The quantitative estimate of drug-likeness (QED) is 0.781. The van der Waals surface area contributed by atoms with Gasteiger partial charge in [0.15, 0.2) is 0 Å². The maximum Gasteiger partial charge on any atom is 0.338 e. The topological polar surface area (TPSA) is 75.7 Å². The minimum atomic E-state index is -0.395. The van der Waals surface area contributed by atoms with Crippen molar-refractivity contribution >= 4 is 23.5 Å². The zero-order valence-corrected chi connectivity index (χ0v) is 16.1. The summed E-state index contributed by atoms with van der Waals surface area (Å²) in [7, 11) is 0. The van der Waals surface area contributed by atoms with Crippen molar-refractivity contribution < 1.29 is 19.1 Å². The average Bonchev–Trinajstić information content (AvgIpc) is 3.03. The minimum Gasteiger partial charge on any atom is -0.462 e. The Hall–Kier alpha value is -3.15. The van der Waals surface area contributed by atoms with Gasteiger partial charge >= 0.3 is 5.97 Å². The molecule has 1 N–H and O–H groups in total. The second-order valence-electron chi connectivity index (χ2n) is 6.95. The van der Waals surface area contributed by atoms with Gasteiger partial charge in [0.05, 0.1) is 18.1 Å². The van der Waals surface area contributed by atoms with Gasteiger partial charge in [0.1, 0.15) is 0 Å². The van der Waals surface area contributed by atoms with E-state index in [0.29, 0.717) is 30.9 Å². The van der Waals surface area contributed by atoms with Crippen molar-refractivity contribution in [3.63, 3.8) is 0 Å². The van der Waals surface area contributed by atoms with Crippen LogP contribution in [-0.2, 0) is 20.9 Å². The molecule has 1 heterocycles. The van der Waals surface area contributed by atoms with E-state index in [1.165, 1.54) is 0 Å². The summed E-state index contributed by atoms with van der Waals surface area (Å²) < 4.78 is 4.94. The number of hydrogen-bond acceptors (Lipinski definition) is 4. The molecule has 3 rings (SSSR count). The minimum absolute atomic E-state index is 0.0145. The fraction of sp³-hybridized carbons (Fsp3) is 0.318. The SMILES string of the molecule is CCOC(=O)c1ccc(NC(=O)C2CC(=O)N(Cc3cccc(C)c3)C2)cc1. The number of nitrogens with zero attached hydrogens (tertiary/aromatic N) is 1.